The summed E-state index contributed by atoms with van der Waals surface area (Å²) in [7, 11) is -3.52. The van der Waals surface area contributed by atoms with Gasteiger partial charge < -0.3 is 9.47 Å². The number of fused-ring (bicyclic) bond motifs is 2. The van der Waals surface area contributed by atoms with Gasteiger partial charge in [-0.2, -0.15) is 8.42 Å². The van der Waals surface area contributed by atoms with Crippen molar-refractivity contribution in [2.24, 2.45) is 0 Å². The third-order valence-electron chi connectivity index (χ3n) is 3.25. The van der Waals surface area contributed by atoms with Gasteiger partial charge in [-0.1, -0.05) is 0 Å². The van der Waals surface area contributed by atoms with Crippen LogP contribution in [0.25, 0.3) is 0 Å². The average Bonchev–Trinajstić information content (AvgIpc) is 2.81. The molecular formula is C12H21NO6S. The van der Waals surface area contributed by atoms with E-state index >= 15 is 0 Å². The zero-order valence-corrected chi connectivity index (χ0v) is 13.0. The van der Waals surface area contributed by atoms with E-state index in [9.17, 15) is 13.2 Å². The normalized spacial score (nSPS) is 29.8. The number of rotatable bonds is 3. The van der Waals surface area contributed by atoms with Crippen molar-refractivity contribution in [3.05, 3.63) is 0 Å². The topological polar surface area (TPSA) is 82.1 Å². The second-order valence-electron chi connectivity index (χ2n) is 6.43. The molecule has 2 rings (SSSR count). The molecule has 0 unspecified atom stereocenters. The highest BCUT2D eigenvalue weighted by Gasteiger charge is 2.54. The maximum atomic E-state index is 12.1. The minimum Gasteiger partial charge on any atom is -0.444 e. The van der Waals surface area contributed by atoms with Gasteiger partial charge in [-0.3, -0.25) is 9.08 Å². The minimum atomic E-state index is -3.52. The standard InChI is InChI=1S/C12H21NO6S/c1-11(2,3)19-10(14)13-7-12(5-9(13)6-17-12)8-18-20(4,15)16/h9H,5-8H2,1-4H3/t9-,12-/m0/s1. The Labute approximate surface area is 119 Å². The Hall–Kier alpha value is -0.860. The zero-order chi connectivity index (χ0) is 15.2. The Morgan fingerprint density at radius 1 is 1.45 bits per heavy atom. The molecule has 2 saturated heterocycles. The van der Waals surface area contributed by atoms with Crippen LogP contribution in [0.15, 0.2) is 0 Å². The number of morpholine rings is 1. The molecule has 20 heavy (non-hydrogen) atoms. The molecule has 2 heterocycles. The SMILES string of the molecule is CC(C)(C)OC(=O)N1C[C@]2(COS(C)(=O)=O)C[C@H]1CO2. The van der Waals surface area contributed by atoms with E-state index in [0.717, 1.165) is 6.26 Å². The summed E-state index contributed by atoms with van der Waals surface area (Å²) in [4.78, 5) is 13.7. The fraction of sp³-hybridized carbons (Fsp3) is 0.917. The molecule has 2 aliphatic heterocycles. The van der Waals surface area contributed by atoms with E-state index < -0.39 is 27.4 Å². The largest absolute Gasteiger partial charge is 0.444 e. The molecule has 2 aliphatic rings. The van der Waals surface area contributed by atoms with Crippen LogP contribution >= 0.6 is 0 Å². The summed E-state index contributed by atoms with van der Waals surface area (Å²) in [6.07, 6.45) is 1.17. The number of carbonyl (C=O) groups is 1. The van der Waals surface area contributed by atoms with Crippen molar-refractivity contribution in [2.75, 3.05) is 26.0 Å². The Bertz CT molecular complexity index is 497. The Morgan fingerprint density at radius 3 is 2.65 bits per heavy atom. The molecule has 8 heteroatoms. The van der Waals surface area contributed by atoms with Gasteiger partial charge in [-0.25, -0.2) is 4.79 Å². The Morgan fingerprint density at radius 2 is 2.10 bits per heavy atom. The van der Waals surface area contributed by atoms with Gasteiger partial charge in [-0.15, -0.1) is 0 Å². The lowest BCUT2D eigenvalue weighted by Crippen LogP contribution is -2.49. The molecule has 0 aromatic rings. The van der Waals surface area contributed by atoms with Crippen LogP contribution in [0.4, 0.5) is 4.79 Å². The minimum absolute atomic E-state index is 0.0678. The summed E-state index contributed by atoms with van der Waals surface area (Å²) in [6, 6.07) is -0.0759. The number of nitrogens with zero attached hydrogens (tertiary/aromatic N) is 1. The van der Waals surface area contributed by atoms with E-state index in [0.29, 0.717) is 19.6 Å². The van der Waals surface area contributed by atoms with Crippen molar-refractivity contribution in [3.63, 3.8) is 0 Å². The fourth-order valence-corrected chi connectivity index (χ4v) is 2.89. The number of carbonyl (C=O) groups excluding carboxylic acids is 1. The zero-order valence-electron chi connectivity index (χ0n) is 12.2. The van der Waals surface area contributed by atoms with Crippen LogP contribution in [0.5, 0.6) is 0 Å². The van der Waals surface area contributed by atoms with Crippen LogP contribution in [0.3, 0.4) is 0 Å². The van der Waals surface area contributed by atoms with Crippen molar-refractivity contribution in [2.45, 2.75) is 44.4 Å². The first-order chi connectivity index (χ1) is 9.00. The average molecular weight is 307 g/mol. The van der Waals surface area contributed by atoms with Crippen molar-refractivity contribution in [1.29, 1.82) is 0 Å². The Balaban J connectivity index is 1.99. The van der Waals surface area contributed by atoms with Crippen LogP contribution in [-0.4, -0.2) is 62.7 Å². The van der Waals surface area contributed by atoms with E-state index in [4.69, 9.17) is 13.7 Å². The van der Waals surface area contributed by atoms with Crippen molar-refractivity contribution in [3.8, 4) is 0 Å². The first kappa shape index (κ1) is 15.5. The first-order valence-electron chi connectivity index (χ1n) is 6.48. The molecular weight excluding hydrogens is 286 g/mol. The second-order valence-corrected chi connectivity index (χ2v) is 8.07. The lowest BCUT2D eigenvalue weighted by Gasteiger charge is -2.33. The molecule has 0 N–H and O–H groups in total. The quantitative estimate of drug-likeness (QED) is 0.715. The van der Waals surface area contributed by atoms with Crippen molar-refractivity contribution >= 4 is 16.2 Å². The number of amides is 1. The van der Waals surface area contributed by atoms with Crippen LogP contribution in [0, 0.1) is 0 Å². The second kappa shape index (κ2) is 4.85. The molecule has 116 valence electrons. The number of likely N-dealkylation sites (tertiary alicyclic amines) is 1. The molecule has 0 saturated carbocycles. The van der Waals surface area contributed by atoms with Gasteiger partial charge in [0.25, 0.3) is 10.1 Å². The highest BCUT2D eigenvalue weighted by Crippen LogP contribution is 2.38. The van der Waals surface area contributed by atoms with Crippen LogP contribution in [0.1, 0.15) is 27.2 Å². The molecule has 2 bridgehead atoms. The summed E-state index contributed by atoms with van der Waals surface area (Å²) in [5.74, 6) is 0. The van der Waals surface area contributed by atoms with E-state index in [1.54, 1.807) is 25.7 Å². The number of hydrogen-bond donors (Lipinski definition) is 0. The van der Waals surface area contributed by atoms with Gasteiger partial charge in [0.1, 0.15) is 11.2 Å². The van der Waals surface area contributed by atoms with Gasteiger partial charge in [-0.05, 0) is 20.8 Å². The Kier molecular flexibility index (Phi) is 3.77. The van der Waals surface area contributed by atoms with Crippen molar-refractivity contribution < 1.29 is 26.9 Å². The molecule has 2 fully saturated rings. The molecule has 0 aliphatic carbocycles. The molecule has 0 spiro atoms. The summed E-state index contributed by atoms with van der Waals surface area (Å²) < 4.78 is 37.9. The van der Waals surface area contributed by atoms with Gasteiger partial charge in [0.15, 0.2) is 0 Å². The van der Waals surface area contributed by atoms with Crippen LogP contribution in [0.2, 0.25) is 0 Å². The molecule has 0 aromatic heterocycles. The first-order valence-corrected chi connectivity index (χ1v) is 8.29. The van der Waals surface area contributed by atoms with Crippen molar-refractivity contribution in [1.82, 2.24) is 4.90 Å². The third-order valence-corrected chi connectivity index (χ3v) is 3.80. The third kappa shape index (κ3) is 3.62. The summed E-state index contributed by atoms with van der Waals surface area (Å²) in [5, 5.41) is 0. The maximum Gasteiger partial charge on any atom is 0.410 e. The maximum absolute atomic E-state index is 12.1. The molecule has 0 radical (unpaired) electrons. The fourth-order valence-electron chi connectivity index (χ4n) is 2.46. The van der Waals surface area contributed by atoms with Crippen LogP contribution < -0.4 is 0 Å². The van der Waals surface area contributed by atoms with Gasteiger partial charge in [0, 0.05) is 6.42 Å². The summed E-state index contributed by atoms with van der Waals surface area (Å²) in [6.45, 7) is 6.02. The van der Waals surface area contributed by atoms with Gasteiger partial charge in [0.2, 0.25) is 0 Å². The van der Waals surface area contributed by atoms with E-state index in [1.165, 1.54) is 0 Å². The molecule has 0 aromatic carbocycles. The number of hydrogen-bond acceptors (Lipinski definition) is 6. The van der Waals surface area contributed by atoms with E-state index in [-0.39, 0.29) is 12.6 Å². The number of ether oxygens (including phenoxy) is 2. The van der Waals surface area contributed by atoms with E-state index in [2.05, 4.69) is 0 Å². The van der Waals surface area contributed by atoms with Gasteiger partial charge >= 0.3 is 6.09 Å². The highest BCUT2D eigenvalue weighted by molar-refractivity contribution is 7.85. The molecule has 7 nitrogen and oxygen atoms in total. The molecule has 1 amide bonds. The monoisotopic (exact) mass is 307 g/mol. The highest BCUT2D eigenvalue weighted by atomic mass is 32.2. The van der Waals surface area contributed by atoms with E-state index in [1.807, 2.05) is 0 Å². The summed E-state index contributed by atoms with van der Waals surface area (Å²) >= 11 is 0. The predicted octanol–water partition coefficient (Wildman–Crippen LogP) is 0.741. The smallest absolute Gasteiger partial charge is 0.410 e. The van der Waals surface area contributed by atoms with Gasteiger partial charge in [0.05, 0.1) is 32.1 Å². The molecule has 2 atom stereocenters. The van der Waals surface area contributed by atoms with Crippen LogP contribution in [-0.2, 0) is 23.8 Å². The summed E-state index contributed by atoms with van der Waals surface area (Å²) in [5.41, 5.74) is -1.29. The predicted molar refractivity (Wildman–Crippen MR) is 70.8 cm³/mol. The lowest BCUT2D eigenvalue weighted by atomic mass is 10.1. The lowest BCUT2D eigenvalue weighted by molar-refractivity contribution is -0.0698.